The number of carbonyl (C=O) groups is 1. The summed E-state index contributed by atoms with van der Waals surface area (Å²) in [6.45, 7) is 14.8. The van der Waals surface area contributed by atoms with Crippen molar-refractivity contribution < 1.29 is 9.53 Å². The van der Waals surface area contributed by atoms with Gasteiger partial charge in [0.05, 0.1) is 12.1 Å². The molecule has 2 saturated heterocycles. The molecule has 0 spiro atoms. The van der Waals surface area contributed by atoms with Crippen molar-refractivity contribution in [2.45, 2.75) is 44.9 Å². The summed E-state index contributed by atoms with van der Waals surface area (Å²) in [5.74, 6) is -0.284. The maximum absolute atomic E-state index is 12.2. The van der Waals surface area contributed by atoms with Crippen LogP contribution in [0.5, 0.6) is 0 Å². The predicted octanol–water partition coefficient (Wildman–Crippen LogP) is 4.66. The molecule has 0 aliphatic carbocycles. The standard InChI is InChI=1S/C23H25N3O2/c1-23(2,3)28-22(27)16-8-10-18(11-9-16)25-14-21-13-20(25)15-26(21)19-7-5-6-17(12-19)24-4/h5-12,20-21H,13-15H2,1-3H3/t20-,21-/m0/s1. The summed E-state index contributed by atoms with van der Waals surface area (Å²) < 4.78 is 5.44. The summed E-state index contributed by atoms with van der Waals surface area (Å²) in [6.07, 6.45) is 1.12. The molecule has 28 heavy (non-hydrogen) atoms. The van der Waals surface area contributed by atoms with Gasteiger partial charge in [0.15, 0.2) is 5.69 Å². The Hall–Kier alpha value is -3.00. The molecular weight excluding hydrogens is 350 g/mol. The van der Waals surface area contributed by atoms with Crippen molar-refractivity contribution in [2.75, 3.05) is 22.9 Å². The summed E-state index contributed by atoms with van der Waals surface area (Å²) in [5, 5.41) is 0. The monoisotopic (exact) mass is 375 g/mol. The second-order valence-corrected chi connectivity index (χ2v) is 8.53. The van der Waals surface area contributed by atoms with Gasteiger partial charge in [-0.25, -0.2) is 9.64 Å². The first kappa shape index (κ1) is 18.4. The van der Waals surface area contributed by atoms with Gasteiger partial charge >= 0.3 is 5.97 Å². The van der Waals surface area contributed by atoms with Crippen LogP contribution in [0, 0.1) is 6.57 Å². The number of esters is 1. The number of ether oxygens (including phenoxy) is 1. The molecule has 2 fully saturated rings. The molecule has 2 bridgehead atoms. The van der Waals surface area contributed by atoms with Crippen LogP contribution in [0.25, 0.3) is 4.85 Å². The van der Waals surface area contributed by atoms with E-state index in [9.17, 15) is 4.79 Å². The first-order valence-electron chi connectivity index (χ1n) is 9.68. The zero-order valence-corrected chi connectivity index (χ0v) is 16.6. The van der Waals surface area contributed by atoms with Crippen molar-refractivity contribution >= 4 is 23.0 Å². The average molecular weight is 375 g/mol. The Balaban J connectivity index is 1.44. The summed E-state index contributed by atoms with van der Waals surface area (Å²) >= 11 is 0. The maximum atomic E-state index is 12.2. The molecule has 0 amide bonds. The largest absolute Gasteiger partial charge is 0.456 e. The van der Waals surface area contributed by atoms with Gasteiger partial charge < -0.3 is 14.5 Å². The molecule has 0 unspecified atom stereocenters. The predicted molar refractivity (Wildman–Crippen MR) is 111 cm³/mol. The summed E-state index contributed by atoms with van der Waals surface area (Å²) in [7, 11) is 0. The number of benzene rings is 2. The highest BCUT2D eigenvalue weighted by atomic mass is 16.6. The molecule has 0 aromatic heterocycles. The Morgan fingerprint density at radius 1 is 1.04 bits per heavy atom. The minimum absolute atomic E-state index is 0.284. The smallest absolute Gasteiger partial charge is 0.338 e. The number of fused-ring (bicyclic) bond motifs is 2. The van der Waals surface area contributed by atoms with E-state index < -0.39 is 5.60 Å². The van der Waals surface area contributed by atoms with Gasteiger partial charge in [-0.05, 0) is 63.6 Å². The van der Waals surface area contributed by atoms with E-state index in [-0.39, 0.29) is 5.97 Å². The normalized spacial score (nSPS) is 20.9. The van der Waals surface area contributed by atoms with Crippen LogP contribution in [0.4, 0.5) is 17.1 Å². The van der Waals surface area contributed by atoms with E-state index in [1.165, 1.54) is 0 Å². The van der Waals surface area contributed by atoms with Crippen LogP contribution in [-0.4, -0.2) is 36.7 Å². The van der Waals surface area contributed by atoms with Crippen molar-refractivity contribution in [3.8, 4) is 0 Å². The summed E-state index contributed by atoms with van der Waals surface area (Å²) in [6, 6.07) is 16.5. The van der Waals surface area contributed by atoms with Gasteiger partial charge in [-0.1, -0.05) is 12.1 Å². The van der Waals surface area contributed by atoms with Gasteiger partial charge in [0.1, 0.15) is 5.60 Å². The lowest BCUT2D eigenvalue weighted by Gasteiger charge is -2.37. The van der Waals surface area contributed by atoms with E-state index in [2.05, 4.69) is 20.7 Å². The Kier molecular flexibility index (Phi) is 4.50. The molecule has 2 atom stereocenters. The van der Waals surface area contributed by atoms with E-state index in [0.717, 1.165) is 30.9 Å². The maximum Gasteiger partial charge on any atom is 0.338 e. The molecule has 0 N–H and O–H groups in total. The Morgan fingerprint density at radius 3 is 2.25 bits per heavy atom. The van der Waals surface area contributed by atoms with E-state index in [1.54, 1.807) is 0 Å². The van der Waals surface area contributed by atoms with Crippen molar-refractivity contribution in [3.05, 3.63) is 65.5 Å². The number of anilines is 2. The SMILES string of the molecule is [C-]#[N+]c1cccc(N2C[C@@H]3C[C@H]2CN3c2ccc(C(=O)OC(C)(C)C)cc2)c1. The number of nitrogens with zero attached hydrogens (tertiary/aromatic N) is 3. The molecule has 2 heterocycles. The van der Waals surface area contributed by atoms with Gasteiger partial charge in [0, 0.05) is 36.5 Å². The lowest BCUT2D eigenvalue weighted by Crippen LogP contribution is -2.46. The van der Waals surface area contributed by atoms with Gasteiger partial charge in [0.2, 0.25) is 0 Å². The van der Waals surface area contributed by atoms with E-state index >= 15 is 0 Å². The number of hydrogen-bond acceptors (Lipinski definition) is 4. The topological polar surface area (TPSA) is 37.1 Å². The van der Waals surface area contributed by atoms with Crippen molar-refractivity contribution in [1.29, 1.82) is 0 Å². The second kappa shape index (κ2) is 6.87. The van der Waals surface area contributed by atoms with E-state index in [1.807, 2.05) is 63.2 Å². The fourth-order valence-corrected chi connectivity index (χ4v) is 4.17. The van der Waals surface area contributed by atoms with Crippen LogP contribution in [0.2, 0.25) is 0 Å². The molecular formula is C23H25N3O2. The Morgan fingerprint density at radius 2 is 1.68 bits per heavy atom. The first-order chi connectivity index (χ1) is 13.3. The Bertz CT molecular complexity index is 924. The fourth-order valence-electron chi connectivity index (χ4n) is 4.17. The van der Waals surface area contributed by atoms with Crippen molar-refractivity contribution in [3.63, 3.8) is 0 Å². The minimum Gasteiger partial charge on any atom is -0.456 e. The highest BCUT2D eigenvalue weighted by Crippen LogP contribution is 2.38. The van der Waals surface area contributed by atoms with Crippen molar-refractivity contribution in [2.24, 2.45) is 0 Å². The number of carbonyl (C=O) groups excluding carboxylic acids is 1. The third-order valence-corrected chi connectivity index (χ3v) is 5.36. The van der Waals surface area contributed by atoms with Crippen LogP contribution >= 0.6 is 0 Å². The average Bonchev–Trinajstić information content (AvgIpc) is 3.28. The number of piperazine rings is 1. The third kappa shape index (κ3) is 3.55. The molecule has 144 valence electrons. The molecule has 0 radical (unpaired) electrons. The van der Waals surface area contributed by atoms with Gasteiger partial charge in [0.25, 0.3) is 0 Å². The molecule has 5 heteroatoms. The third-order valence-electron chi connectivity index (χ3n) is 5.36. The number of rotatable bonds is 3. The van der Waals surface area contributed by atoms with Crippen LogP contribution in [-0.2, 0) is 4.74 Å². The lowest BCUT2D eigenvalue weighted by molar-refractivity contribution is 0.00695. The van der Waals surface area contributed by atoms with E-state index in [4.69, 9.17) is 11.3 Å². The van der Waals surface area contributed by atoms with Crippen LogP contribution in [0.15, 0.2) is 48.5 Å². The van der Waals surface area contributed by atoms with E-state index in [0.29, 0.717) is 23.3 Å². The highest BCUT2D eigenvalue weighted by molar-refractivity contribution is 5.90. The molecule has 2 aliphatic rings. The molecule has 0 saturated carbocycles. The van der Waals surface area contributed by atoms with Gasteiger partial charge in [-0.3, -0.25) is 0 Å². The van der Waals surface area contributed by atoms with Gasteiger partial charge in [-0.15, -0.1) is 0 Å². The Labute approximate surface area is 166 Å². The number of hydrogen-bond donors (Lipinski definition) is 0. The molecule has 2 aliphatic heterocycles. The zero-order chi connectivity index (χ0) is 19.9. The van der Waals surface area contributed by atoms with Gasteiger partial charge in [-0.2, -0.15) is 0 Å². The quantitative estimate of drug-likeness (QED) is 0.578. The molecule has 2 aromatic carbocycles. The molecule has 2 aromatic rings. The summed E-state index contributed by atoms with van der Waals surface area (Å²) in [5.41, 5.74) is 3.07. The lowest BCUT2D eigenvalue weighted by atomic mass is 10.1. The first-order valence-corrected chi connectivity index (χ1v) is 9.68. The minimum atomic E-state index is -0.488. The van der Waals surface area contributed by atoms with Crippen molar-refractivity contribution in [1.82, 2.24) is 0 Å². The van der Waals surface area contributed by atoms with Crippen LogP contribution < -0.4 is 9.80 Å². The molecule has 5 nitrogen and oxygen atoms in total. The highest BCUT2D eigenvalue weighted by Gasteiger charge is 2.43. The fraction of sp³-hybridized carbons (Fsp3) is 0.391. The summed E-state index contributed by atoms with van der Waals surface area (Å²) in [4.78, 5) is 20.6. The zero-order valence-electron chi connectivity index (χ0n) is 16.6. The second-order valence-electron chi connectivity index (χ2n) is 8.53. The van der Waals surface area contributed by atoms with Crippen LogP contribution in [0.3, 0.4) is 0 Å². The molecule has 4 rings (SSSR count). The van der Waals surface area contributed by atoms with Crippen LogP contribution in [0.1, 0.15) is 37.6 Å².